The first kappa shape index (κ1) is 14.7. The van der Waals surface area contributed by atoms with Gasteiger partial charge in [-0.3, -0.25) is 10.1 Å². The van der Waals surface area contributed by atoms with Crippen molar-refractivity contribution in [3.8, 4) is 0 Å². The zero-order valence-electron chi connectivity index (χ0n) is 8.76. The van der Waals surface area contributed by atoms with Crippen LogP contribution in [0.5, 0.6) is 0 Å². The number of hydrogen-bond acceptors (Lipinski definition) is 3. The zero-order valence-corrected chi connectivity index (χ0v) is 10.3. The molecule has 0 aromatic carbocycles. The Kier molecular flexibility index (Phi) is 4.18. The van der Waals surface area contributed by atoms with Gasteiger partial charge in [-0.15, -0.1) is 0 Å². The van der Waals surface area contributed by atoms with Gasteiger partial charge in [-0.2, -0.15) is 13.2 Å². The van der Waals surface area contributed by atoms with Crippen molar-refractivity contribution in [2.45, 2.75) is 13.1 Å². The fourth-order valence-electron chi connectivity index (χ4n) is 1.28. The molecule has 0 amide bonds. The molecule has 0 aliphatic heterocycles. The first-order chi connectivity index (χ1) is 8.12. The van der Waals surface area contributed by atoms with Crippen molar-refractivity contribution in [1.29, 1.82) is 0 Å². The van der Waals surface area contributed by atoms with Gasteiger partial charge in [0.2, 0.25) is 0 Å². The SMILES string of the molecule is CC(=C(c1cc(Cl)nc(Cl)c1)C(F)(F)F)[N+](=O)[O-]. The second kappa shape index (κ2) is 5.11. The first-order valence-electron chi connectivity index (χ1n) is 4.39. The zero-order chi connectivity index (χ0) is 14.1. The van der Waals surface area contributed by atoms with Crippen molar-refractivity contribution in [2.75, 3.05) is 0 Å². The summed E-state index contributed by atoms with van der Waals surface area (Å²) in [6.07, 6.45) is -4.90. The van der Waals surface area contributed by atoms with Crippen molar-refractivity contribution < 1.29 is 18.1 Å². The van der Waals surface area contributed by atoms with E-state index in [4.69, 9.17) is 23.2 Å². The van der Waals surface area contributed by atoms with Crippen molar-refractivity contribution in [1.82, 2.24) is 4.98 Å². The van der Waals surface area contributed by atoms with Crippen LogP contribution in [-0.4, -0.2) is 16.1 Å². The third-order valence-corrected chi connectivity index (χ3v) is 2.36. The highest BCUT2D eigenvalue weighted by atomic mass is 35.5. The van der Waals surface area contributed by atoms with Crippen LogP contribution in [-0.2, 0) is 0 Å². The maximum atomic E-state index is 12.8. The summed E-state index contributed by atoms with van der Waals surface area (Å²) in [7, 11) is 0. The molecule has 0 aliphatic carbocycles. The monoisotopic (exact) mass is 300 g/mol. The van der Waals surface area contributed by atoms with Crippen LogP contribution in [0.4, 0.5) is 13.2 Å². The molecular weight excluding hydrogens is 296 g/mol. The molecule has 1 rings (SSSR count). The minimum Gasteiger partial charge on any atom is -0.259 e. The van der Waals surface area contributed by atoms with Crippen LogP contribution in [0, 0.1) is 10.1 Å². The van der Waals surface area contributed by atoms with Crippen molar-refractivity contribution in [2.24, 2.45) is 0 Å². The van der Waals surface area contributed by atoms with E-state index in [1.807, 2.05) is 0 Å². The number of pyridine rings is 1. The van der Waals surface area contributed by atoms with E-state index in [-0.39, 0.29) is 10.3 Å². The van der Waals surface area contributed by atoms with Crippen molar-refractivity contribution in [3.05, 3.63) is 43.8 Å². The molecule has 1 heterocycles. The van der Waals surface area contributed by atoms with Gasteiger partial charge in [0, 0.05) is 6.92 Å². The van der Waals surface area contributed by atoms with Crippen molar-refractivity contribution in [3.63, 3.8) is 0 Å². The van der Waals surface area contributed by atoms with E-state index in [0.29, 0.717) is 0 Å². The summed E-state index contributed by atoms with van der Waals surface area (Å²) >= 11 is 10.9. The fraction of sp³-hybridized carbons (Fsp3) is 0.222. The average Bonchev–Trinajstić information content (AvgIpc) is 2.13. The summed E-state index contributed by atoms with van der Waals surface area (Å²) in [6, 6.07) is 1.73. The van der Waals surface area contributed by atoms with Gasteiger partial charge in [-0.1, -0.05) is 23.2 Å². The Morgan fingerprint density at radius 3 is 2.11 bits per heavy atom. The molecule has 0 aliphatic rings. The van der Waals surface area contributed by atoms with Crippen LogP contribution < -0.4 is 0 Å². The van der Waals surface area contributed by atoms with E-state index in [1.54, 1.807) is 0 Å². The molecule has 0 unspecified atom stereocenters. The maximum absolute atomic E-state index is 12.8. The summed E-state index contributed by atoms with van der Waals surface area (Å²) in [5.41, 5.74) is -2.94. The second-order valence-corrected chi connectivity index (χ2v) is 3.99. The molecule has 4 nitrogen and oxygen atoms in total. The number of nitro groups is 1. The molecule has 0 N–H and O–H groups in total. The number of aromatic nitrogens is 1. The highest BCUT2D eigenvalue weighted by Crippen LogP contribution is 2.37. The standard InChI is InChI=1S/C9H5Cl2F3N2O2/c1-4(16(17)18)8(9(12,13)14)5-2-6(10)15-7(11)3-5/h2-3H,1H3. The molecule has 1 aromatic rings. The Bertz CT molecular complexity index is 509. The van der Waals surface area contributed by atoms with E-state index in [9.17, 15) is 23.3 Å². The molecule has 9 heteroatoms. The third-order valence-electron chi connectivity index (χ3n) is 1.97. The van der Waals surface area contributed by atoms with Crippen LogP contribution in [0.25, 0.3) is 5.57 Å². The molecule has 18 heavy (non-hydrogen) atoms. The van der Waals surface area contributed by atoms with Crippen LogP contribution in [0.1, 0.15) is 12.5 Å². The summed E-state index contributed by atoms with van der Waals surface area (Å²) in [4.78, 5) is 12.9. The molecule has 0 saturated heterocycles. The number of allylic oxidation sites excluding steroid dienone is 2. The van der Waals surface area contributed by atoms with Gasteiger partial charge in [0.1, 0.15) is 15.9 Å². The smallest absolute Gasteiger partial charge is 0.259 e. The van der Waals surface area contributed by atoms with Gasteiger partial charge in [-0.25, -0.2) is 4.98 Å². The largest absolute Gasteiger partial charge is 0.423 e. The van der Waals surface area contributed by atoms with Gasteiger partial charge in [-0.05, 0) is 17.7 Å². The Morgan fingerprint density at radius 2 is 1.78 bits per heavy atom. The lowest BCUT2D eigenvalue weighted by Crippen LogP contribution is -2.15. The molecule has 0 spiro atoms. The molecule has 0 atom stereocenters. The van der Waals surface area contributed by atoms with Gasteiger partial charge in [0.05, 0.1) is 4.92 Å². The molecule has 0 radical (unpaired) electrons. The normalized spacial score (nSPS) is 13.2. The predicted molar refractivity (Wildman–Crippen MR) is 59.9 cm³/mol. The molecule has 0 saturated carbocycles. The van der Waals surface area contributed by atoms with Crippen LogP contribution in [0.2, 0.25) is 10.3 Å². The number of halogens is 5. The van der Waals surface area contributed by atoms with Crippen LogP contribution in [0.15, 0.2) is 17.8 Å². The number of hydrogen-bond donors (Lipinski definition) is 0. The molecule has 0 fully saturated rings. The molecule has 98 valence electrons. The van der Waals surface area contributed by atoms with Gasteiger partial charge >= 0.3 is 6.18 Å². The number of rotatable bonds is 2. The Balaban J connectivity index is 3.55. The Hall–Kier alpha value is -1.34. The minimum atomic E-state index is -4.90. The molecular formula is C9H5Cl2F3N2O2. The van der Waals surface area contributed by atoms with E-state index in [0.717, 1.165) is 19.1 Å². The number of alkyl halides is 3. The van der Waals surface area contributed by atoms with E-state index < -0.39 is 27.9 Å². The quantitative estimate of drug-likeness (QED) is 0.472. The van der Waals surface area contributed by atoms with Gasteiger partial charge in [0.25, 0.3) is 5.70 Å². The van der Waals surface area contributed by atoms with E-state index in [2.05, 4.69) is 4.98 Å². The minimum absolute atomic E-state index is 0.282. The summed E-state index contributed by atoms with van der Waals surface area (Å²) in [5.74, 6) is 0. The lowest BCUT2D eigenvalue weighted by atomic mass is 10.1. The maximum Gasteiger partial charge on any atom is 0.423 e. The average molecular weight is 301 g/mol. The summed E-state index contributed by atoms with van der Waals surface area (Å²) in [6.45, 7) is 0.755. The Labute approximate surface area is 109 Å². The Morgan fingerprint density at radius 1 is 1.33 bits per heavy atom. The second-order valence-electron chi connectivity index (χ2n) is 3.22. The molecule has 0 bridgehead atoms. The predicted octanol–water partition coefficient (Wildman–Crippen LogP) is 3.96. The van der Waals surface area contributed by atoms with Gasteiger partial charge in [0.15, 0.2) is 0 Å². The first-order valence-corrected chi connectivity index (χ1v) is 5.14. The fourth-order valence-corrected chi connectivity index (χ4v) is 1.74. The van der Waals surface area contributed by atoms with Gasteiger partial charge < -0.3 is 0 Å². The lowest BCUT2D eigenvalue weighted by molar-refractivity contribution is -0.424. The topological polar surface area (TPSA) is 56.0 Å². The highest BCUT2D eigenvalue weighted by molar-refractivity contribution is 6.32. The highest BCUT2D eigenvalue weighted by Gasteiger charge is 2.40. The van der Waals surface area contributed by atoms with E-state index >= 15 is 0 Å². The number of nitrogens with zero attached hydrogens (tertiary/aromatic N) is 2. The molecule has 1 aromatic heterocycles. The summed E-state index contributed by atoms with van der Waals surface area (Å²) < 4.78 is 38.4. The lowest BCUT2D eigenvalue weighted by Gasteiger charge is -2.11. The summed E-state index contributed by atoms with van der Waals surface area (Å²) in [5, 5.41) is 9.93. The van der Waals surface area contributed by atoms with Crippen molar-refractivity contribution >= 4 is 28.8 Å². The van der Waals surface area contributed by atoms with E-state index in [1.165, 1.54) is 0 Å². The van der Waals surface area contributed by atoms with Crippen LogP contribution >= 0.6 is 23.2 Å². The van der Waals surface area contributed by atoms with Crippen LogP contribution in [0.3, 0.4) is 0 Å². The third kappa shape index (κ3) is 3.33.